The zero-order valence-corrected chi connectivity index (χ0v) is 13.7. The van der Waals surface area contributed by atoms with Crippen LogP contribution >= 0.6 is 31.9 Å². The van der Waals surface area contributed by atoms with Gasteiger partial charge in [0.15, 0.2) is 0 Å². The fourth-order valence-electron chi connectivity index (χ4n) is 1.71. The van der Waals surface area contributed by atoms with Gasteiger partial charge in [-0.1, -0.05) is 34.1 Å². The minimum absolute atomic E-state index is 0.0235. The van der Waals surface area contributed by atoms with Gasteiger partial charge in [-0.05, 0) is 58.2 Å². The quantitative estimate of drug-likeness (QED) is 0.820. The number of halogens is 2. The Kier molecular flexibility index (Phi) is 5.02. The lowest BCUT2D eigenvalue weighted by Crippen LogP contribution is -2.05. The SMILES string of the molecule is CC(N)c1ccc(OCc2cccc(Br)c2)c(Br)c1. The van der Waals surface area contributed by atoms with Crippen LogP contribution in [-0.2, 0) is 6.61 Å². The Morgan fingerprint density at radius 3 is 2.58 bits per heavy atom. The molecule has 0 amide bonds. The first kappa shape index (κ1) is 14.6. The van der Waals surface area contributed by atoms with Gasteiger partial charge in [0.05, 0.1) is 4.47 Å². The molecule has 100 valence electrons. The van der Waals surface area contributed by atoms with E-state index in [1.165, 1.54) is 0 Å². The van der Waals surface area contributed by atoms with Crippen LogP contribution in [0, 0.1) is 0 Å². The molecular weight excluding hydrogens is 370 g/mol. The standard InChI is InChI=1S/C15H15Br2NO/c1-10(18)12-5-6-15(14(17)8-12)19-9-11-3-2-4-13(16)7-11/h2-8,10H,9,18H2,1H3. The van der Waals surface area contributed by atoms with E-state index >= 15 is 0 Å². The largest absolute Gasteiger partial charge is 0.488 e. The van der Waals surface area contributed by atoms with E-state index in [1.807, 2.05) is 49.4 Å². The molecule has 1 unspecified atom stereocenters. The number of hydrogen-bond acceptors (Lipinski definition) is 2. The molecule has 0 spiro atoms. The van der Waals surface area contributed by atoms with Crippen LogP contribution in [0.1, 0.15) is 24.1 Å². The van der Waals surface area contributed by atoms with Crippen molar-refractivity contribution in [2.45, 2.75) is 19.6 Å². The summed E-state index contributed by atoms with van der Waals surface area (Å²) in [5.41, 5.74) is 8.06. The maximum atomic E-state index is 5.85. The van der Waals surface area contributed by atoms with Gasteiger partial charge in [0.2, 0.25) is 0 Å². The fourth-order valence-corrected chi connectivity index (χ4v) is 2.66. The van der Waals surface area contributed by atoms with E-state index in [9.17, 15) is 0 Å². The molecule has 0 aliphatic carbocycles. The zero-order valence-electron chi connectivity index (χ0n) is 10.6. The van der Waals surface area contributed by atoms with Crippen LogP contribution in [0.15, 0.2) is 51.4 Å². The summed E-state index contributed by atoms with van der Waals surface area (Å²) in [5.74, 6) is 0.823. The van der Waals surface area contributed by atoms with Crippen molar-refractivity contribution in [1.29, 1.82) is 0 Å². The Hall–Kier alpha value is -0.840. The minimum Gasteiger partial charge on any atom is -0.488 e. The van der Waals surface area contributed by atoms with Crippen LogP contribution in [0.25, 0.3) is 0 Å². The number of benzene rings is 2. The first-order chi connectivity index (χ1) is 9.06. The molecule has 0 bridgehead atoms. The number of nitrogens with two attached hydrogens (primary N) is 1. The molecule has 0 aromatic heterocycles. The van der Waals surface area contributed by atoms with Crippen molar-refractivity contribution in [3.8, 4) is 5.75 Å². The molecule has 0 saturated heterocycles. The minimum atomic E-state index is 0.0235. The Balaban J connectivity index is 2.07. The van der Waals surface area contributed by atoms with E-state index in [1.54, 1.807) is 0 Å². The van der Waals surface area contributed by atoms with E-state index in [0.29, 0.717) is 6.61 Å². The molecule has 2 N–H and O–H groups in total. The predicted octanol–water partition coefficient (Wildman–Crippen LogP) is 4.81. The molecule has 2 nitrogen and oxygen atoms in total. The molecule has 4 heteroatoms. The van der Waals surface area contributed by atoms with Crippen LogP contribution in [0.4, 0.5) is 0 Å². The van der Waals surface area contributed by atoms with Gasteiger partial charge in [0.25, 0.3) is 0 Å². The topological polar surface area (TPSA) is 35.2 Å². The van der Waals surface area contributed by atoms with Gasteiger partial charge in [0, 0.05) is 10.5 Å². The van der Waals surface area contributed by atoms with Crippen molar-refractivity contribution in [1.82, 2.24) is 0 Å². The van der Waals surface area contributed by atoms with Gasteiger partial charge in [-0.15, -0.1) is 0 Å². The van der Waals surface area contributed by atoms with Gasteiger partial charge < -0.3 is 10.5 Å². The third-order valence-corrected chi connectivity index (χ3v) is 3.88. The third kappa shape index (κ3) is 4.06. The van der Waals surface area contributed by atoms with Gasteiger partial charge in [-0.3, -0.25) is 0 Å². The highest BCUT2D eigenvalue weighted by Crippen LogP contribution is 2.28. The fraction of sp³-hybridized carbons (Fsp3) is 0.200. The maximum Gasteiger partial charge on any atom is 0.134 e. The van der Waals surface area contributed by atoms with E-state index in [2.05, 4.69) is 31.9 Å². The molecule has 2 aromatic rings. The first-order valence-corrected chi connectivity index (χ1v) is 7.57. The van der Waals surface area contributed by atoms with E-state index in [4.69, 9.17) is 10.5 Å². The molecule has 0 aliphatic rings. The number of hydrogen-bond donors (Lipinski definition) is 1. The summed E-state index contributed by atoms with van der Waals surface area (Å²) in [4.78, 5) is 0. The van der Waals surface area contributed by atoms with E-state index < -0.39 is 0 Å². The summed E-state index contributed by atoms with van der Waals surface area (Å²) >= 11 is 6.96. The van der Waals surface area contributed by atoms with Crippen molar-refractivity contribution in [3.05, 3.63) is 62.5 Å². The van der Waals surface area contributed by atoms with Crippen LogP contribution < -0.4 is 10.5 Å². The lowest BCUT2D eigenvalue weighted by Gasteiger charge is -2.11. The van der Waals surface area contributed by atoms with Gasteiger partial charge in [0.1, 0.15) is 12.4 Å². The normalized spacial score (nSPS) is 12.2. The van der Waals surface area contributed by atoms with Crippen molar-refractivity contribution >= 4 is 31.9 Å². The summed E-state index contributed by atoms with van der Waals surface area (Å²) in [5, 5.41) is 0. The molecule has 1 atom stereocenters. The summed E-state index contributed by atoms with van der Waals surface area (Å²) in [7, 11) is 0. The van der Waals surface area contributed by atoms with Crippen LogP contribution in [-0.4, -0.2) is 0 Å². The highest BCUT2D eigenvalue weighted by Gasteiger charge is 2.06. The predicted molar refractivity (Wildman–Crippen MR) is 85.2 cm³/mol. The average Bonchev–Trinajstić information content (AvgIpc) is 2.37. The molecule has 19 heavy (non-hydrogen) atoms. The molecule has 0 fully saturated rings. The second kappa shape index (κ2) is 6.55. The Morgan fingerprint density at radius 1 is 1.16 bits per heavy atom. The van der Waals surface area contributed by atoms with Crippen LogP contribution in [0.2, 0.25) is 0 Å². The maximum absolute atomic E-state index is 5.85. The zero-order chi connectivity index (χ0) is 13.8. The van der Waals surface area contributed by atoms with E-state index in [0.717, 1.165) is 25.8 Å². The average molecular weight is 385 g/mol. The Bertz CT molecular complexity index is 570. The lowest BCUT2D eigenvalue weighted by molar-refractivity contribution is 0.304. The lowest BCUT2D eigenvalue weighted by atomic mass is 10.1. The monoisotopic (exact) mass is 383 g/mol. The second-order valence-electron chi connectivity index (χ2n) is 4.40. The molecule has 2 rings (SSSR count). The van der Waals surface area contributed by atoms with Gasteiger partial charge >= 0.3 is 0 Å². The Labute approximate surface area is 130 Å². The molecule has 0 radical (unpaired) electrons. The third-order valence-electron chi connectivity index (χ3n) is 2.77. The van der Waals surface area contributed by atoms with Crippen molar-refractivity contribution in [2.24, 2.45) is 5.73 Å². The van der Waals surface area contributed by atoms with Crippen molar-refractivity contribution in [3.63, 3.8) is 0 Å². The second-order valence-corrected chi connectivity index (χ2v) is 6.17. The molecule has 0 heterocycles. The smallest absolute Gasteiger partial charge is 0.134 e. The number of rotatable bonds is 4. The van der Waals surface area contributed by atoms with Crippen molar-refractivity contribution in [2.75, 3.05) is 0 Å². The van der Waals surface area contributed by atoms with E-state index in [-0.39, 0.29) is 6.04 Å². The summed E-state index contributed by atoms with van der Waals surface area (Å²) in [6.07, 6.45) is 0. The highest BCUT2D eigenvalue weighted by atomic mass is 79.9. The summed E-state index contributed by atoms with van der Waals surface area (Å²) < 4.78 is 7.79. The molecule has 0 saturated carbocycles. The molecular formula is C15H15Br2NO. The summed E-state index contributed by atoms with van der Waals surface area (Å²) in [6, 6.07) is 14.0. The first-order valence-electron chi connectivity index (χ1n) is 5.98. The van der Waals surface area contributed by atoms with Crippen molar-refractivity contribution < 1.29 is 4.74 Å². The molecule has 2 aromatic carbocycles. The number of ether oxygens (including phenoxy) is 1. The van der Waals surface area contributed by atoms with Crippen LogP contribution in [0.3, 0.4) is 0 Å². The molecule has 0 aliphatic heterocycles. The Morgan fingerprint density at radius 2 is 1.95 bits per heavy atom. The van der Waals surface area contributed by atoms with Gasteiger partial charge in [-0.2, -0.15) is 0 Å². The summed E-state index contributed by atoms with van der Waals surface area (Å²) in [6.45, 7) is 2.50. The highest BCUT2D eigenvalue weighted by molar-refractivity contribution is 9.10. The van der Waals surface area contributed by atoms with Gasteiger partial charge in [-0.25, -0.2) is 0 Å². The van der Waals surface area contributed by atoms with Crippen LogP contribution in [0.5, 0.6) is 5.75 Å².